The van der Waals surface area contributed by atoms with E-state index in [0.29, 0.717) is 0 Å². The molecule has 0 aliphatic rings. The van der Waals surface area contributed by atoms with Crippen LogP contribution in [0.2, 0.25) is 0 Å². The van der Waals surface area contributed by atoms with E-state index in [9.17, 15) is 4.79 Å². The van der Waals surface area contributed by atoms with E-state index in [2.05, 4.69) is 5.32 Å². The largest absolute Gasteiger partial charge is 0.497 e. The van der Waals surface area contributed by atoms with Crippen molar-refractivity contribution >= 4 is 5.91 Å². The quantitative estimate of drug-likeness (QED) is 0.844. The van der Waals surface area contributed by atoms with E-state index in [1.54, 1.807) is 7.11 Å². The van der Waals surface area contributed by atoms with Gasteiger partial charge in [-0.15, -0.1) is 0 Å². The van der Waals surface area contributed by atoms with Crippen molar-refractivity contribution in [3.63, 3.8) is 0 Å². The average Bonchev–Trinajstić information content (AvgIpc) is 2.36. The van der Waals surface area contributed by atoms with Gasteiger partial charge in [0.2, 0.25) is 5.91 Å². The number of hydrogen-bond donors (Lipinski definition) is 1. The maximum absolute atomic E-state index is 11.6. The molecule has 0 radical (unpaired) electrons. The summed E-state index contributed by atoms with van der Waals surface area (Å²) in [5, 5.41) is 2.88. The van der Waals surface area contributed by atoms with Crippen molar-refractivity contribution in [3.05, 3.63) is 29.8 Å². The van der Waals surface area contributed by atoms with E-state index in [1.165, 1.54) is 0 Å². The molecule has 0 bridgehead atoms. The first-order chi connectivity index (χ1) is 8.52. The number of benzene rings is 1. The zero-order valence-corrected chi connectivity index (χ0v) is 11.4. The molecule has 0 aliphatic heterocycles. The van der Waals surface area contributed by atoms with E-state index in [1.807, 2.05) is 45.0 Å². The predicted molar refractivity (Wildman–Crippen MR) is 70.6 cm³/mol. The number of nitrogens with one attached hydrogen (secondary N) is 1. The smallest absolute Gasteiger partial charge is 0.246 e. The Morgan fingerprint density at radius 2 is 2.06 bits per heavy atom. The Kier molecular flexibility index (Phi) is 5.65. The topological polar surface area (TPSA) is 47.6 Å². The molecule has 0 heterocycles. The molecule has 1 amide bonds. The molecule has 0 spiro atoms. The fourth-order valence-electron chi connectivity index (χ4n) is 1.52. The molecule has 1 N–H and O–H groups in total. The zero-order valence-electron chi connectivity index (χ0n) is 11.4. The van der Waals surface area contributed by atoms with Crippen LogP contribution in [0, 0.1) is 0 Å². The molecule has 0 saturated carbocycles. The Hall–Kier alpha value is -1.55. The van der Waals surface area contributed by atoms with E-state index in [0.717, 1.165) is 11.3 Å². The fraction of sp³-hybridized carbons (Fsp3) is 0.500. The lowest BCUT2D eigenvalue weighted by molar-refractivity contribution is -0.127. The van der Waals surface area contributed by atoms with Gasteiger partial charge in [-0.1, -0.05) is 12.1 Å². The van der Waals surface area contributed by atoms with Crippen LogP contribution in [0.25, 0.3) is 0 Å². The van der Waals surface area contributed by atoms with Crippen LogP contribution in [0.3, 0.4) is 0 Å². The Bertz CT molecular complexity index is 390. The Morgan fingerprint density at radius 1 is 1.33 bits per heavy atom. The molecule has 1 atom stereocenters. The molecule has 0 aliphatic carbocycles. The van der Waals surface area contributed by atoms with Gasteiger partial charge in [-0.05, 0) is 38.5 Å². The molecular weight excluding hydrogens is 230 g/mol. The number of carbonyl (C=O) groups is 1. The highest BCUT2D eigenvalue weighted by molar-refractivity contribution is 5.77. The van der Waals surface area contributed by atoms with Gasteiger partial charge in [0.15, 0.2) is 0 Å². The van der Waals surface area contributed by atoms with Crippen LogP contribution in [0.15, 0.2) is 24.3 Å². The molecule has 1 unspecified atom stereocenters. The summed E-state index contributed by atoms with van der Waals surface area (Å²) in [5.74, 6) is 0.672. The molecule has 1 aromatic carbocycles. The minimum absolute atomic E-state index is 0.0582. The lowest BCUT2D eigenvalue weighted by Crippen LogP contribution is -2.31. The maximum atomic E-state index is 11.6. The molecule has 18 heavy (non-hydrogen) atoms. The number of amides is 1. The number of hydrogen-bond acceptors (Lipinski definition) is 3. The van der Waals surface area contributed by atoms with E-state index in [-0.39, 0.29) is 24.7 Å². The SMILES string of the molecule is COc1cccc(C(C)NC(=O)COC(C)C)c1. The van der Waals surface area contributed by atoms with E-state index >= 15 is 0 Å². The second-order valence-electron chi connectivity index (χ2n) is 4.43. The van der Waals surface area contributed by atoms with Crippen LogP contribution in [0.5, 0.6) is 5.75 Å². The molecule has 0 aromatic heterocycles. The molecular formula is C14H21NO3. The number of carbonyl (C=O) groups excluding carboxylic acids is 1. The summed E-state index contributed by atoms with van der Waals surface area (Å²) in [6.07, 6.45) is 0.0582. The highest BCUT2D eigenvalue weighted by atomic mass is 16.5. The molecule has 0 saturated heterocycles. The second kappa shape index (κ2) is 7.01. The highest BCUT2D eigenvalue weighted by Crippen LogP contribution is 2.18. The van der Waals surface area contributed by atoms with Crippen LogP contribution >= 0.6 is 0 Å². The van der Waals surface area contributed by atoms with Crippen molar-refractivity contribution in [2.45, 2.75) is 32.9 Å². The fourth-order valence-corrected chi connectivity index (χ4v) is 1.52. The van der Waals surface area contributed by atoms with Gasteiger partial charge >= 0.3 is 0 Å². The van der Waals surface area contributed by atoms with Crippen molar-refractivity contribution in [2.75, 3.05) is 13.7 Å². The third-order valence-electron chi connectivity index (χ3n) is 2.52. The molecule has 100 valence electrons. The summed E-state index contributed by atoms with van der Waals surface area (Å²) >= 11 is 0. The number of methoxy groups -OCH3 is 1. The second-order valence-corrected chi connectivity index (χ2v) is 4.43. The van der Waals surface area contributed by atoms with Crippen molar-refractivity contribution in [2.24, 2.45) is 0 Å². The summed E-state index contributed by atoms with van der Waals surface area (Å²) in [6.45, 7) is 5.82. The lowest BCUT2D eigenvalue weighted by atomic mass is 10.1. The van der Waals surface area contributed by atoms with E-state index < -0.39 is 0 Å². The van der Waals surface area contributed by atoms with Gasteiger partial charge in [0.1, 0.15) is 12.4 Å². The zero-order chi connectivity index (χ0) is 13.5. The van der Waals surface area contributed by atoms with Gasteiger partial charge < -0.3 is 14.8 Å². The van der Waals surface area contributed by atoms with Crippen molar-refractivity contribution in [1.29, 1.82) is 0 Å². The molecule has 0 fully saturated rings. The van der Waals surface area contributed by atoms with Gasteiger partial charge in [0.05, 0.1) is 19.3 Å². The van der Waals surface area contributed by atoms with Gasteiger partial charge in [-0.3, -0.25) is 4.79 Å². The van der Waals surface area contributed by atoms with Crippen LogP contribution in [0.4, 0.5) is 0 Å². The molecule has 4 heteroatoms. The third-order valence-corrected chi connectivity index (χ3v) is 2.52. The average molecular weight is 251 g/mol. The van der Waals surface area contributed by atoms with Crippen molar-refractivity contribution in [3.8, 4) is 5.75 Å². The molecule has 1 rings (SSSR count). The summed E-state index contributed by atoms with van der Waals surface area (Å²) in [6, 6.07) is 7.58. The van der Waals surface area contributed by atoms with Crippen molar-refractivity contribution < 1.29 is 14.3 Å². The minimum Gasteiger partial charge on any atom is -0.497 e. The van der Waals surface area contributed by atoms with Gasteiger partial charge in [0.25, 0.3) is 0 Å². The Balaban J connectivity index is 2.53. The Labute approximate surface area is 108 Å². The van der Waals surface area contributed by atoms with Crippen LogP contribution in [0.1, 0.15) is 32.4 Å². The summed E-state index contributed by atoms with van der Waals surface area (Å²) < 4.78 is 10.4. The maximum Gasteiger partial charge on any atom is 0.246 e. The van der Waals surface area contributed by atoms with Gasteiger partial charge in [-0.2, -0.15) is 0 Å². The minimum atomic E-state index is -0.112. The summed E-state index contributed by atoms with van der Waals surface area (Å²) in [4.78, 5) is 11.6. The van der Waals surface area contributed by atoms with Gasteiger partial charge in [0, 0.05) is 0 Å². The molecule has 1 aromatic rings. The van der Waals surface area contributed by atoms with Crippen LogP contribution in [-0.2, 0) is 9.53 Å². The first kappa shape index (κ1) is 14.5. The molecule has 4 nitrogen and oxygen atoms in total. The number of ether oxygens (including phenoxy) is 2. The van der Waals surface area contributed by atoms with Gasteiger partial charge in [-0.25, -0.2) is 0 Å². The first-order valence-electron chi connectivity index (χ1n) is 6.08. The normalized spacial score (nSPS) is 12.3. The summed E-state index contributed by atoms with van der Waals surface area (Å²) in [5.41, 5.74) is 1.01. The van der Waals surface area contributed by atoms with Crippen LogP contribution in [-0.4, -0.2) is 25.7 Å². The monoisotopic (exact) mass is 251 g/mol. The third kappa shape index (κ3) is 4.75. The first-order valence-corrected chi connectivity index (χ1v) is 6.08. The van der Waals surface area contributed by atoms with Crippen molar-refractivity contribution in [1.82, 2.24) is 5.32 Å². The Morgan fingerprint density at radius 3 is 2.67 bits per heavy atom. The lowest BCUT2D eigenvalue weighted by Gasteiger charge is -2.16. The number of rotatable bonds is 6. The predicted octanol–water partition coefficient (Wildman–Crippen LogP) is 2.30. The van der Waals surface area contributed by atoms with Crippen LogP contribution < -0.4 is 10.1 Å². The summed E-state index contributed by atoms with van der Waals surface area (Å²) in [7, 11) is 1.62. The standard InChI is InChI=1S/C14H21NO3/c1-10(2)18-9-14(16)15-11(3)12-6-5-7-13(8-12)17-4/h5-8,10-11H,9H2,1-4H3,(H,15,16). The van der Waals surface area contributed by atoms with E-state index in [4.69, 9.17) is 9.47 Å². The highest BCUT2D eigenvalue weighted by Gasteiger charge is 2.10.